The van der Waals surface area contributed by atoms with Gasteiger partial charge in [-0.2, -0.15) is 0 Å². The minimum absolute atomic E-state index is 0.291. The minimum Gasteiger partial charge on any atom is -0.501 e. The number of aromatic hydroxyl groups is 1. The summed E-state index contributed by atoms with van der Waals surface area (Å²) in [5, 5.41) is 27.3. The predicted octanol–water partition coefficient (Wildman–Crippen LogP) is 0.752. The van der Waals surface area contributed by atoms with E-state index in [1.807, 2.05) is 0 Å². The molecule has 0 aliphatic rings. The largest absolute Gasteiger partial charge is 0.511 e. The number of ether oxygens (including phenoxy) is 1. The first-order valence-electron chi connectivity index (χ1n) is 3.25. The fraction of sp³-hybridized carbons (Fsp3) is 0. The third kappa shape index (κ3) is 2.06. The van der Waals surface area contributed by atoms with Crippen LogP contribution in [-0.2, 0) is 0 Å². The second kappa shape index (κ2) is 3.56. The SMILES string of the molecule is O=C(O)Oc1cnc([N+](=O)[O-])c(O)c1. The van der Waals surface area contributed by atoms with Crippen LogP contribution in [0.1, 0.15) is 0 Å². The molecule has 8 heteroatoms. The van der Waals surface area contributed by atoms with E-state index < -0.39 is 22.6 Å². The highest BCUT2D eigenvalue weighted by Crippen LogP contribution is 2.26. The summed E-state index contributed by atoms with van der Waals surface area (Å²) in [5.41, 5.74) is 0. The van der Waals surface area contributed by atoms with Crippen molar-refractivity contribution in [1.82, 2.24) is 4.98 Å². The highest BCUT2D eigenvalue weighted by atomic mass is 16.7. The molecule has 0 saturated heterocycles. The molecule has 1 aromatic rings. The molecule has 1 aromatic heterocycles. The summed E-state index contributed by atoms with van der Waals surface area (Å²) in [4.78, 5) is 22.5. The molecule has 0 amide bonds. The molecule has 0 aromatic carbocycles. The fourth-order valence-electron chi connectivity index (χ4n) is 0.725. The Morgan fingerprint density at radius 2 is 2.29 bits per heavy atom. The van der Waals surface area contributed by atoms with Gasteiger partial charge >= 0.3 is 12.0 Å². The van der Waals surface area contributed by atoms with Gasteiger partial charge in [-0.15, -0.1) is 0 Å². The molecule has 0 bridgehead atoms. The van der Waals surface area contributed by atoms with Gasteiger partial charge in [0.15, 0.2) is 11.9 Å². The molecular formula is C6H4N2O6. The zero-order valence-corrected chi connectivity index (χ0v) is 6.58. The molecule has 2 N–H and O–H groups in total. The van der Waals surface area contributed by atoms with Gasteiger partial charge in [0.25, 0.3) is 0 Å². The number of carboxylic acid groups (broad SMARTS) is 1. The summed E-state index contributed by atoms with van der Waals surface area (Å²) in [7, 11) is 0. The molecule has 0 aliphatic heterocycles. The van der Waals surface area contributed by atoms with Crippen molar-refractivity contribution in [2.45, 2.75) is 0 Å². The first-order valence-corrected chi connectivity index (χ1v) is 3.25. The Bertz CT molecular complexity index is 390. The summed E-state index contributed by atoms with van der Waals surface area (Å²) in [6.07, 6.45) is -0.772. The average Bonchev–Trinajstić information content (AvgIpc) is 2.01. The van der Waals surface area contributed by atoms with E-state index in [0.717, 1.165) is 12.3 Å². The minimum atomic E-state index is -1.60. The van der Waals surface area contributed by atoms with Crippen molar-refractivity contribution in [3.8, 4) is 11.5 Å². The van der Waals surface area contributed by atoms with E-state index in [1.165, 1.54) is 0 Å². The highest BCUT2D eigenvalue weighted by Gasteiger charge is 2.16. The first kappa shape index (κ1) is 9.71. The maximum absolute atomic E-state index is 10.2. The molecule has 74 valence electrons. The quantitative estimate of drug-likeness (QED) is 0.410. The van der Waals surface area contributed by atoms with E-state index in [9.17, 15) is 14.9 Å². The molecule has 0 radical (unpaired) electrons. The third-order valence-electron chi connectivity index (χ3n) is 1.20. The maximum Gasteiger partial charge on any atom is 0.511 e. The molecule has 1 rings (SSSR count). The number of aromatic nitrogens is 1. The van der Waals surface area contributed by atoms with Crippen LogP contribution in [0.3, 0.4) is 0 Å². The van der Waals surface area contributed by atoms with Crippen LogP contribution in [0.5, 0.6) is 11.5 Å². The summed E-state index contributed by atoms with van der Waals surface area (Å²) in [6, 6.07) is 0.791. The fourth-order valence-corrected chi connectivity index (χ4v) is 0.725. The van der Waals surface area contributed by atoms with Crippen LogP contribution >= 0.6 is 0 Å². The van der Waals surface area contributed by atoms with Crippen molar-refractivity contribution in [3.63, 3.8) is 0 Å². The molecule has 1 heterocycles. The Hall–Kier alpha value is -2.38. The molecule has 0 unspecified atom stereocenters. The van der Waals surface area contributed by atoms with Gasteiger partial charge in [-0.25, -0.2) is 4.79 Å². The van der Waals surface area contributed by atoms with Crippen LogP contribution in [0, 0.1) is 10.1 Å². The van der Waals surface area contributed by atoms with Crippen LogP contribution in [0.4, 0.5) is 10.6 Å². The summed E-state index contributed by atoms with van der Waals surface area (Å²) in [5.74, 6) is -1.81. The molecule has 0 spiro atoms. The van der Waals surface area contributed by atoms with Crippen LogP contribution < -0.4 is 4.74 Å². The van der Waals surface area contributed by atoms with Gasteiger partial charge < -0.3 is 25.1 Å². The second-order valence-corrected chi connectivity index (χ2v) is 2.14. The smallest absolute Gasteiger partial charge is 0.501 e. The molecule has 8 nitrogen and oxygen atoms in total. The molecular weight excluding hydrogens is 196 g/mol. The van der Waals surface area contributed by atoms with Gasteiger partial charge in [-0.3, -0.25) is 0 Å². The highest BCUT2D eigenvalue weighted by molar-refractivity contribution is 5.61. The van der Waals surface area contributed by atoms with Crippen molar-refractivity contribution < 1.29 is 24.7 Å². The van der Waals surface area contributed by atoms with E-state index in [0.29, 0.717) is 0 Å². The lowest BCUT2D eigenvalue weighted by Gasteiger charge is -1.98. The lowest BCUT2D eigenvalue weighted by Crippen LogP contribution is -2.03. The second-order valence-electron chi connectivity index (χ2n) is 2.14. The van der Waals surface area contributed by atoms with Crippen LogP contribution in [-0.4, -0.2) is 26.3 Å². The van der Waals surface area contributed by atoms with E-state index in [1.54, 1.807) is 0 Å². The molecule has 0 aliphatic carbocycles. The number of nitro groups is 1. The molecule has 0 atom stereocenters. The van der Waals surface area contributed by atoms with E-state index in [-0.39, 0.29) is 5.75 Å². The van der Waals surface area contributed by atoms with Gasteiger partial charge in [0.1, 0.15) is 0 Å². The lowest BCUT2D eigenvalue weighted by atomic mass is 10.4. The standard InChI is InChI=1S/C6H4N2O6/c9-4-1-3(14-6(10)11)2-7-5(4)8(12)13/h1-2,9H,(H,10,11). The van der Waals surface area contributed by atoms with Crippen molar-refractivity contribution in [1.29, 1.82) is 0 Å². The van der Waals surface area contributed by atoms with Crippen molar-refractivity contribution in [3.05, 3.63) is 22.4 Å². The lowest BCUT2D eigenvalue weighted by molar-refractivity contribution is -0.390. The maximum atomic E-state index is 10.2. The number of nitrogens with zero attached hydrogens (tertiary/aromatic N) is 2. The van der Waals surface area contributed by atoms with Crippen LogP contribution in [0.15, 0.2) is 12.3 Å². The number of carbonyl (C=O) groups is 1. The Balaban J connectivity index is 3.00. The summed E-state index contributed by atoms with van der Waals surface area (Å²) < 4.78 is 4.10. The topological polar surface area (TPSA) is 123 Å². The number of hydrogen-bond acceptors (Lipinski definition) is 6. The summed E-state index contributed by atoms with van der Waals surface area (Å²) >= 11 is 0. The third-order valence-corrected chi connectivity index (χ3v) is 1.20. The zero-order valence-electron chi connectivity index (χ0n) is 6.58. The van der Waals surface area contributed by atoms with E-state index >= 15 is 0 Å². The number of pyridine rings is 1. The Kier molecular flexibility index (Phi) is 2.47. The van der Waals surface area contributed by atoms with Crippen molar-refractivity contribution >= 4 is 12.0 Å². The molecule has 0 saturated carbocycles. The van der Waals surface area contributed by atoms with Gasteiger partial charge in [0.05, 0.1) is 0 Å². The van der Waals surface area contributed by atoms with Gasteiger partial charge in [0, 0.05) is 6.07 Å². The zero-order chi connectivity index (χ0) is 10.7. The van der Waals surface area contributed by atoms with Crippen LogP contribution in [0.2, 0.25) is 0 Å². The number of rotatable bonds is 2. The molecule has 0 fully saturated rings. The Labute approximate surface area is 76.5 Å². The Morgan fingerprint density at radius 1 is 1.64 bits per heavy atom. The van der Waals surface area contributed by atoms with Gasteiger partial charge in [-0.05, 0) is 9.91 Å². The van der Waals surface area contributed by atoms with Crippen molar-refractivity contribution in [2.75, 3.05) is 0 Å². The average molecular weight is 200 g/mol. The Morgan fingerprint density at radius 3 is 2.71 bits per heavy atom. The van der Waals surface area contributed by atoms with E-state index in [2.05, 4.69) is 9.72 Å². The first-order chi connectivity index (χ1) is 6.50. The monoisotopic (exact) mass is 200 g/mol. The van der Waals surface area contributed by atoms with Crippen molar-refractivity contribution in [2.24, 2.45) is 0 Å². The van der Waals surface area contributed by atoms with Gasteiger partial charge in [0.2, 0.25) is 5.75 Å². The predicted molar refractivity (Wildman–Crippen MR) is 41.2 cm³/mol. The van der Waals surface area contributed by atoms with E-state index in [4.69, 9.17) is 10.2 Å². The normalized spacial score (nSPS) is 9.43. The number of hydrogen-bond donors (Lipinski definition) is 2. The molecule has 14 heavy (non-hydrogen) atoms. The summed E-state index contributed by atoms with van der Waals surface area (Å²) in [6.45, 7) is 0. The van der Waals surface area contributed by atoms with Crippen LogP contribution in [0.25, 0.3) is 0 Å². The van der Waals surface area contributed by atoms with Gasteiger partial charge in [-0.1, -0.05) is 0 Å².